The number of amidine groups is 1. The second-order valence-electron chi connectivity index (χ2n) is 9.71. The molecule has 0 bridgehead atoms. The highest BCUT2D eigenvalue weighted by molar-refractivity contribution is 8.13. The largest absolute Gasteiger partial charge is 0.443 e. The maximum Gasteiger partial charge on any atom is 0.426 e. The van der Waals surface area contributed by atoms with E-state index in [1.807, 2.05) is 11.4 Å². The molecular weight excluding hydrogens is 438 g/mol. The molecule has 2 aliphatic heterocycles. The van der Waals surface area contributed by atoms with E-state index in [0.717, 1.165) is 16.2 Å². The highest BCUT2D eigenvalue weighted by Crippen LogP contribution is 2.47. The fourth-order valence-electron chi connectivity index (χ4n) is 3.40. The molecule has 0 unspecified atom stereocenters. The van der Waals surface area contributed by atoms with Gasteiger partial charge in [-0.1, -0.05) is 11.8 Å². The van der Waals surface area contributed by atoms with Crippen molar-refractivity contribution in [3.05, 3.63) is 16.3 Å². The lowest BCUT2D eigenvalue weighted by atomic mass is 9.81. The number of hydrogen-bond donors (Lipinski definition) is 1. The summed E-state index contributed by atoms with van der Waals surface area (Å²) in [6, 6.07) is 1.90. The molecule has 0 radical (unpaired) electrons. The first-order valence-corrected chi connectivity index (χ1v) is 12.1. The molecule has 2 amide bonds. The fourth-order valence-corrected chi connectivity index (χ4v) is 5.71. The molecule has 31 heavy (non-hydrogen) atoms. The molecule has 1 aromatic heterocycles. The van der Waals surface area contributed by atoms with E-state index in [4.69, 9.17) is 24.9 Å². The van der Waals surface area contributed by atoms with Gasteiger partial charge in [-0.05, 0) is 54.0 Å². The zero-order valence-corrected chi connectivity index (χ0v) is 20.5. The van der Waals surface area contributed by atoms with Gasteiger partial charge in [0, 0.05) is 34.2 Å². The van der Waals surface area contributed by atoms with Crippen LogP contribution < -0.4 is 5.73 Å². The number of anilines is 1. The van der Waals surface area contributed by atoms with Crippen molar-refractivity contribution in [1.29, 1.82) is 0 Å². The van der Waals surface area contributed by atoms with E-state index in [0.29, 0.717) is 24.7 Å². The molecule has 3 heterocycles. The third-order valence-corrected chi connectivity index (χ3v) is 6.92. The number of amides is 2. The Morgan fingerprint density at radius 1 is 1.19 bits per heavy atom. The summed E-state index contributed by atoms with van der Waals surface area (Å²) in [5.41, 5.74) is 4.37. The van der Waals surface area contributed by atoms with Gasteiger partial charge in [-0.2, -0.15) is 4.90 Å². The summed E-state index contributed by atoms with van der Waals surface area (Å²) in [6.07, 6.45) is -0.798. The Labute approximate surface area is 191 Å². The van der Waals surface area contributed by atoms with Gasteiger partial charge in [0.15, 0.2) is 5.17 Å². The molecule has 0 aliphatic carbocycles. The van der Waals surface area contributed by atoms with Gasteiger partial charge in [0.05, 0.1) is 6.61 Å². The minimum Gasteiger partial charge on any atom is -0.443 e. The van der Waals surface area contributed by atoms with Crippen LogP contribution in [0.4, 0.5) is 15.3 Å². The molecule has 2 aliphatic rings. The zero-order chi connectivity index (χ0) is 23.0. The van der Waals surface area contributed by atoms with Crippen molar-refractivity contribution < 1.29 is 23.8 Å². The first kappa shape index (κ1) is 23.9. The lowest BCUT2D eigenvalue weighted by Gasteiger charge is -2.44. The van der Waals surface area contributed by atoms with E-state index in [-0.39, 0.29) is 11.1 Å². The Morgan fingerprint density at radius 3 is 2.32 bits per heavy atom. The van der Waals surface area contributed by atoms with Crippen LogP contribution in [0.15, 0.2) is 16.4 Å². The lowest BCUT2D eigenvalue weighted by Crippen LogP contribution is -2.52. The molecular formula is C21H31N3O5S2. The van der Waals surface area contributed by atoms with Crippen molar-refractivity contribution in [1.82, 2.24) is 4.90 Å². The Balaban J connectivity index is 2.05. The normalized spacial score (nSPS) is 24.1. The van der Waals surface area contributed by atoms with Crippen LogP contribution in [0, 0.1) is 5.92 Å². The van der Waals surface area contributed by atoms with E-state index in [9.17, 15) is 9.59 Å². The van der Waals surface area contributed by atoms with Gasteiger partial charge >= 0.3 is 12.2 Å². The number of rotatable bonds is 1. The van der Waals surface area contributed by atoms with E-state index >= 15 is 0 Å². The minimum atomic E-state index is -0.816. The maximum absolute atomic E-state index is 13.1. The number of nitrogens with zero attached hydrogens (tertiary/aromatic N) is 2. The molecule has 10 heteroatoms. The topological polar surface area (TPSA) is 103 Å². The van der Waals surface area contributed by atoms with Crippen LogP contribution in [0.25, 0.3) is 0 Å². The number of nitrogen functional groups attached to an aromatic ring is 1. The fraction of sp³-hybridized carbons (Fsp3) is 0.667. The average Bonchev–Trinajstić information content (AvgIpc) is 3.05. The van der Waals surface area contributed by atoms with Crippen molar-refractivity contribution in [3.8, 4) is 0 Å². The van der Waals surface area contributed by atoms with E-state index in [2.05, 4.69) is 0 Å². The summed E-state index contributed by atoms with van der Waals surface area (Å²) in [6.45, 7) is 11.5. The summed E-state index contributed by atoms with van der Waals surface area (Å²) >= 11 is 2.87. The third-order valence-electron chi connectivity index (χ3n) is 4.71. The Bertz CT molecular complexity index is 843. The predicted octanol–water partition coefficient (Wildman–Crippen LogP) is 4.84. The first-order valence-electron chi connectivity index (χ1n) is 10.2. The Morgan fingerprint density at radius 2 is 1.81 bits per heavy atom. The molecule has 0 spiro atoms. The van der Waals surface area contributed by atoms with E-state index in [1.165, 1.54) is 23.1 Å². The number of aliphatic imine (C=N–C) groups is 1. The predicted molar refractivity (Wildman–Crippen MR) is 124 cm³/mol. The highest BCUT2D eigenvalue weighted by atomic mass is 32.2. The van der Waals surface area contributed by atoms with Crippen LogP contribution in [0.2, 0.25) is 0 Å². The van der Waals surface area contributed by atoms with Crippen LogP contribution in [0.1, 0.15) is 52.8 Å². The number of hydrogen-bond acceptors (Lipinski definition) is 9. The Kier molecular flexibility index (Phi) is 6.65. The number of nitrogens with two attached hydrogens (primary N) is 1. The van der Waals surface area contributed by atoms with Crippen molar-refractivity contribution in [2.24, 2.45) is 10.9 Å². The number of carbonyl (C=O) groups excluding carboxylic acids is 2. The summed E-state index contributed by atoms with van der Waals surface area (Å²) in [5, 5.41) is 2.11. The van der Waals surface area contributed by atoms with Crippen LogP contribution in [-0.4, -0.2) is 52.4 Å². The molecule has 2 N–H and O–H groups in total. The number of thiophene rings is 1. The maximum atomic E-state index is 13.1. The van der Waals surface area contributed by atoms with Gasteiger partial charge in [-0.15, -0.1) is 11.3 Å². The zero-order valence-electron chi connectivity index (χ0n) is 18.9. The second-order valence-corrected chi connectivity index (χ2v) is 11.6. The third kappa shape index (κ3) is 5.53. The smallest absolute Gasteiger partial charge is 0.426 e. The number of fused-ring (bicyclic) bond motifs is 1. The molecule has 0 saturated carbocycles. The highest BCUT2D eigenvalue weighted by Gasteiger charge is 2.49. The van der Waals surface area contributed by atoms with E-state index in [1.54, 1.807) is 41.5 Å². The average molecular weight is 470 g/mol. The molecule has 8 nitrogen and oxygen atoms in total. The van der Waals surface area contributed by atoms with Gasteiger partial charge in [-0.3, -0.25) is 0 Å². The Hall–Kier alpha value is -1.78. The molecule has 1 fully saturated rings. The van der Waals surface area contributed by atoms with Gasteiger partial charge < -0.3 is 19.9 Å². The number of thioether (sulfide) groups is 1. The van der Waals surface area contributed by atoms with Gasteiger partial charge in [0.2, 0.25) is 0 Å². The number of carbonyl (C=O) groups is 2. The second kappa shape index (κ2) is 8.63. The molecule has 3 rings (SSSR count). The lowest BCUT2D eigenvalue weighted by molar-refractivity contribution is 0.00288. The molecule has 0 aromatic carbocycles. The van der Waals surface area contributed by atoms with Gasteiger partial charge in [-0.25, -0.2) is 14.6 Å². The van der Waals surface area contributed by atoms with Gasteiger partial charge in [0.25, 0.3) is 0 Å². The first-order chi connectivity index (χ1) is 14.3. The SMILES string of the molecule is CC(C)(C)OC(=O)N(C(=O)OC(C)(C)C)C1=N[C@]2(c3cc(N)cs3)COCC[C@H]2CS1. The monoisotopic (exact) mass is 469 g/mol. The van der Waals surface area contributed by atoms with Crippen molar-refractivity contribution in [2.75, 3.05) is 24.7 Å². The van der Waals surface area contributed by atoms with Crippen LogP contribution in [-0.2, 0) is 19.7 Å². The standard InChI is InChI=1S/C21H31N3O5S2/c1-19(2,3)28-17(25)24(18(26)29-20(4,5)6)16-23-21(15-9-14(22)11-30-15)12-27-8-7-13(21)10-31-16/h9,11,13H,7-8,10,12,22H2,1-6H3/t13-,21+/m0/s1. The molecule has 172 valence electrons. The van der Waals surface area contributed by atoms with E-state index < -0.39 is 28.9 Å². The summed E-state index contributed by atoms with van der Waals surface area (Å²) in [5.74, 6) is 0.884. The van der Waals surface area contributed by atoms with Crippen LogP contribution >= 0.6 is 23.1 Å². The summed E-state index contributed by atoms with van der Waals surface area (Å²) < 4.78 is 16.8. The molecule has 2 atom stereocenters. The molecule has 1 aromatic rings. The number of imide groups is 1. The van der Waals surface area contributed by atoms with Crippen LogP contribution in [0.5, 0.6) is 0 Å². The van der Waals surface area contributed by atoms with Crippen molar-refractivity contribution >= 4 is 46.1 Å². The molecule has 1 saturated heterocycles. The van der Waals surface area contributed by atoms with Crippen LogP contribution in [0.3, 0.4) is 0 Å². The van der Waals surface area contributed by atoms with Crippen molar-refractivity contribution in [3.63, 3.8) is 0 Å². The summed E-state index contributed by atoms with van der Waals surface area (Å²) in [7, 11) is 0. The number of ether oxygens (including phenoxy) is 3. The quantitative estimate of drug-likeness (QED) is 0.628. The minimum absolute atomic E-state index is 0.201. The van der Waals surface area contributed by atoms with Gasteiger partial charge in [0.1, 0.15) is 16.7 Å². The summed E-state index contributed by atoms with van der Waals surface area (Å²) in [4.78, 5) is 32.9. The van der Waals surface area contributed by atoms with Crippen molar-refractivity contribution in [2.45, 2.75) is 64.7 Å².